The summed E-state index contributed by atoms with van der Waals surface area (Å²) in [7, 11) is 3.39. The minimum absolute atomic E-state index is 0. The molecule has 0 bridgehead atoms. The van der Waals surface area contributed by atoms with E-state index in [0.717, 1.165) is 5.56 Å². The van der Waals surface area contributed by atoms with Gasteiger partial charge >= 0.3 is 0 Å². The number of carbonyl (C=O) groups excluding carboxylic acids is 1. The summed E-state index contributed by atoms with van der Waals surface area (Å²) in [6.07, 6.45) is 1.62. The van der Waals surface area contributed by atoms with Crippen molar-refractivity contribution in [2.45, 2.75) is 6.54 Å². The van der Waals surface area contributed by atoms with E-state index in [1.807, 2.05) is 6.07 Å². The number of nitrogens with two attached hydrogens (primary N) is 1. The zero-order valence-corrected chi connectivity index (χ0v) is 9.04. The first-order valence-corrected chi connectivity index (χ1v) is 4.02. The van der Waals surface area contributed by atoms with Crippen LogP contribution in [-0.4, -0.2) is 29.9 Å². The van der Waals surface area contributed by atoms with Gasteiger partial charge in [0.25, 0.3) is 5.91 Å². The molecule has 0 aromatic carbocycles. The molecule has 1 rings (SSSR count). The first kappa shape index (κ1) is 12.9. The Morgan fingerprint density at radius 1 is 1.50 bits per heavy atom. The Labute approximate surface area is 89.5 Å². The Kier molecular flexibility index (Phi) is 5.12. The quantitative estimate of drug-likeness (QED) is 0.789. The minimum Gasteiger partial charge on any atom is -0.343 e. The topological polar surface area (TPSA) is 59.2 Å². The molecule has 1 aromatic heterocycles. The van der Waals surface area contributed by atoms with Crippen LogP contribution in [0.3, 0.4) is 0 Å². The molecular weight excluding hydrogens is 202 g/mol. The van der Waals surface area contributed by atoms with Crippen LogP contribution in [-0.2, 0) is 6.54 Å². The van der Waals surface area contributed by atoms with E-state index in [-0.39, 0.29) is 18.3 Å². The lowest BCUT2D eigenvalue weighted by molar-refractivity contribution is 0.0822. The van der Waals surface area contributed by atoms with Crippen molar-refractivity contribution in [3.05, 3.63) is 29.6 Å². The molecule has 1 aromatic rings. The highest BCUT2D eigenvalue weighted by Crippen LogP contribution is 2.01. The van der Waals surface area contributed by atoms with Crippen LogP contribution in [0.15, 0.2) is 18.3 Å². The monoisotopic (exact) mass is 215 g/mol. The molecule has 1 amide bonds. The Morgan fingerprint density at radius 3 is 2.50 bits per heavy atom. The van der Waals surface area contributed by atoms with E-state index < -0.39 is 0 Å². The maximum Gasteiger partial charge on any atom is 0.271 e. The summed E-state index contributed by atoms with van der Waals surface area (Å²) in [5.41, 5.74) is 6.77. The molecule has 0 atom stereocenters. The Morgan fingerprint density at radius 2 is 2.14 bits per heavy atom. The van der Waals surface area contributed by atoms with Crippen molar-refractivity contribution < 1.29 is 4.79 Å². The number of hydrogen-bond donors (Lipinski definition) is 1. The summed E-state index contributed by atoms with van der Waals surface area (Å²) in [5, 5.41) is 0. The molecule has 0 aliphatic rings. The number of pyridine rings is 1. The molecule has 0 saturated carbocycles. The van der Waals surface area contributed by atoms with E-state index in [1.54, 1.807) is 26.4 Å². The van der Waals surface area contributed by atoms with E-state index >= 15 is 0 Å². The number of rotatable bonds is 2. The summed E-state index contributed by atoms with van der Waals surface area (Å²) in [4.78, 5) is 16.9. The van der Waals surface area contributed by atoms with Crippen LogP contribution in [0.5, 0.6) is 0 Å². The lowest BCUT2D eigenvalue weighted by Crippen LogP contribution is -2.22. The number of halogens is 1. The largest absolute Gasteiger partial charge is 0.343 e. The molecule has 0 fully saturated rings. The summed E-state index contributed by atoms with van der Waals surface area (Å²) in [6.45, 7) is 0.448. The molecule has 0 unspecified atom stereocenters. The van der Waals surface area contributed by atoms with Gasteiger partial charge in [-0.05, 0) is 11.6 Å². The van der Waals surface area contributed by atoms with Gasteiger partial charge in [-0.2, -0.15) is 0 Å². The van der Waals surface area contributed by atoms with Crippen LogP contribution in [0, 0.1) is 0 Å². The second-order valence-corrected chi connectivity index (χ2v) is 2.96. The predicted molar refractivity (Wildman–Crippen MR) is 57.4 cm³/mol. The first-order chi connectivity index (χ1) is 6.15. The normalized spacial score (nSPS) is 9.07. The number of amides is 1. The van der Waals surface area contributed by atoms with Crippen molar-refractivity contribution in [2.75, 3.05) is 14.1 Å². The summed E-state index contributed by atoms with van der Waals surface area (Å²) in [5.74, 6) is -0.0939. The minimum atomic E-state index is -0.0939. The van der Waals surface area contributed by atoms with E-state index in [0.29, 0.717) is 12.2 Å². The number of carbonyl (C=O) groups is 1. The standard InChI is InChI=1S/C9H13N3O.ClH/c1-12(2)9(13)8-4-3-7(5-10)6-11-8;/h3-4,6H,5,10H2,1-2H3;1H. The van der Waals surface area contributed by atoms with Gasteiger partial charge in [-0.1, -0.05) is 6.07 Å². The molecule has 0 saturated heterocycles. The van der Waals surface area contributed by atoms with Crippen LogP contribution in [0.4, 0.5) is 0 Å². The van der Waals surface area contributed by atoms with Gasteiger partial charge in [0.15, 0.2) is 0 Å². The van der Waals surface area contributed by atoms with Crippen LogP contribution in [0.25, 0.3) is 0 Å². The smallest absolute Gasteiger partial charge is 0.271 e. The summed E-state index contributed by atoms with van der Waals surface area (Å²) in [6, 6.07) is 3.49. The lowest BCUT2D eigenvalue weighted by Gasteiger charge is -2.09. The molecule has 2 N–H and O–H groups in total. The fourth-order valence-corrected chi connectivity index (χ4v) is 0.901. The summed E-state index contributed by atoms with van der Waals surface area (Å²) >= 11 is 0. The van der Waals surface area contributed by atoms with Gasteiger partial charge < -0.3 is 10.6 Å². The number of hydrogen-bond acceptors (Lipinski definition) is 3. The average Bonchev–Trinajstić information content (AvgIpc) is 2.17. The van der Waals surface area contributed by atoms with Gasteiger partial charge in [0, 0.05) is 26.8 Å². The van der Waals surface area contributed by atoms with Gasteiger partial charge in [-0.15, -0.1) is 12.4 Å². The zero-order valence-electron chi connectivity index (χ0n) is 8.23. The molecule has 0 aliphatic carbocycles. The SMILES string of the molecule is CN(C)C(=O)c1ccc(CN)cn1.Cl. The zero-order chi connectivity index (χ0) is 9.84. The Hall–Kier alpha value is -1.13. The predicted octanol–water partition coefficient (Wildman–Crippen LogP) is 0.664. The van der Waals surface area contributed by atoms with Crippen molar-refractivity contribution in [1.29, 1.82) is 0 Å². The molecule has 0 spiro atoms. The van der Waals surface area contributed by atoms with Gasteiger partial charge in [0.05, 0.1) is 0 Å². The van der Waals surface area contributed by atoms with Crippen LogP contribution in [0.1, 0.15) is 16.1 Å². The third-order valence-corrected chi connectivity index (χ3v) is 1.69. The summed E-state index contributed by atoms with van der Waals surface area (Å²) < 4.78 is 0. The van der Waals surface area contributed by atoms with E-state index in [1.165, 1.54) is 4.90 Å². The number of nitrogens with zero attached hydrogens (tertiary/aromatic N) is 2. The molecule has 0 radical (unpaired) electrons. The molecule has 14 heavy (non-hydrogen) atoms. The van der Waals surface area contributed by atoms with Crippen molar-refractivity contribution >= 4 is 18.3 Å². The lowest BCUT2D eigenvalue weighted by atomic mass is 10.2. The highest BCUT2D eigenvalue weighted by atomic mass is 35.5. The van der Waals surface area contributed by atoms with Crippen LogP contribution in [0.2, 0.25) is 0 Å². The molecule has 5 heteroatoms. The van der Waals surface area contributed by atoms with Crippen molar-refractivity contribution in [3.63, 3.8) is 0 Å². The molecule has 4 nitrogen and oxygen atoms in total. The number of aromatic nitrogens is 1. The van der Waals surface area contributed by atoms with Gasteiger partial charge in [-0.25, -0.2) is 0 Å². The maximum absolute atomic E-state index is 11.4. The molecular formula is C9H14ClN3O. The fraction of sp³-hybridized carbons (Fsp3) is 0.333. The third kappa shape index (κ3) is 2.97. The fourth-order valence-electron chi connectivity index (χ4n) is 0.901. The highest BCUT2D eigenvalue weighted by molar-refractivity contribution is 5.91. The molecule has 1 heterocycles. The van der Waals surface area contributed by atoms with Gasteiger partial charge in [0.2, 0.25) is 0 Å². The van der Waals surface area contributed by atoms with E-state index in [9.17, 15) is 4.79 Å². The first-order valence-electron chi connectivity index (χ1n) is 4.02. The molecule has 0 aliphatic heterocycles. The Balaban J connectivity index is 0.00000169. The Bertz CT molecular complexity index is 297. The second-order valence-electron chi connectivity index (χ2n) is 2.96. The van der Waals surface area contributed by atoms with Crippen molar-refractivity contribution in [2.24, 2.45) is 5.73 Å². The van der Waals surface area contributed by atoms with Gasteiger partial charge in [-0.3, -0.25) is 9.78 Å². The average molecular weight is 216 g/mol. The second kappa shape index (κ2) is 5.57. The van der Waals surface area contributed by atoms with Gasteiger partial charge in [0.1, 0.15) is 5.69 Å². The maximum atomic E-state index is 11.4. The van der Waals surface area contributed by atoms with Crippen molar-refractivity contribution in [1.82, 2.24) is 9.88 Å². The molecule has 78 valence electrons. The van der Waals surface area contributed by atoms with Crippen LogP contribution >= 0.6 is 12.4 Å². The third-order valence-electron chi connectivity index (χ3n) is 1.69. The van der Waals surface area contributed by atoms with Crippen LogP contribution < -0.4 is 5.73 Å². The van der Waals surface area contributed by atoms with E-state index in [4.69, 9.17) is 5.73 Å². The highest BCUT2D eigenvalue weighted by Gasteiger charge is 2.07. The van der Waals surface area contributed by atoms with E-state index in [2.05, 4.69) is 4.98 Å². The van der Waals surface area contributed by atoms with Crippen molar-refractivity contribution in [3.8, 4) is 0 Å².